The zero-order chi connectivity index (χ0) is 19.9. The molecule has 3 aliphatic rings. The topological polar surface area (TPSA) is 82.6 Å². The van der Waals surface area contributed by atoms with Crippen LogP contribution in [0.4, 0.5) is 0 Å². The Morgan fingerprint density at radius 2 is 2.04 bits per heavy atom. The fourth-order valence-electron chi connectivity index (χ4n) is 5.30. The van der Waals surface area contributed by atoms with E-state index in [1.165, 1.54) is 16.6 Å². The number of carbonyl (C=O) groups excluding carboxylic acids is 1. The fourth-order valence-corrected chi connectivity index (χ4v) is 6.68. The van der Waals surface area contributed by atoms with Crippen LogP contribution in [0.25, 0.3) is 0 Å². The highest BCUT2D eigenvalue weighted by atomic mass is 32.2. The number of carbonyl (C=O) groups is 1. The number of nitrogens with one attached hydrogen (secondary N) is 1. The van der Waals surface area contributed by atoms with Crippen LogP contribution in [0.3, 0.4) is 0 Å². The van der Waals surface area contributed by atoms with E-state index in [1.54, 1.807) is 12.1 Å². The van der Waals surface area contributed by atoms with Crippen LogP contribution in [0.1, 0.15) is 39.5 Å². The van der Waals surface area contributed by atoms with Crippen molar-refractivity contribution in [3.8, 4) is 0 Å². The van der Waals surface area contributed by atoms with Gasteiger partial charge in [-0.15, -0.1) is 0 Å². The second-order valence-electron chi connectivity index (χ2n) is 8.52. The lowest BCUT2D eigenvalue weighted by molar-refractivity contribution is -0.123. The molecule has 1 N–H and O–H groups in total. The monoisotopic (exact) mass is 406 g/mol. The number of sulfonamides is 1. The van der Waals surface area contributed by atoms with E-state index >= 15 is 0 Å². The second kappa shape index (κ2) is 7.39. The Morgan fingerprint density at radius 3 is 2.68 bits per heavy atom. The number of rotatable bonds is 5. The summed E-state index contributed by atoms with van der Waals surface area (Å²) in [7, 11) is -3.58. The molecule has 4 rings (SSSR count). The zero-order valence-corrected chi connectivity index (χ0v) is 17.5. The number of nitrogens with zero attached hydrogens (tertiary/aromatic N) is 3. The number of aromatic nitrogens is 1. The Kier molecular flexibility index (Phi) is 5.22. The van der Waals surface area contributed by atoms with Gasteiger partial charge in [0.05, 0.1) is 5.92 Å². The van der Waals surface area contributed by atoms with Gasteiger partial charge in [0.25, 0.3) is 10.0 Å². The first-order valence-electron chi connectivity index (χ1n) is 10.3. The molecule has 0 unspecified atom stereocenters. The summed E-state index contributed by atoms with van der Waals surface area (Å²) >= 11 is 0. The van der Waals surface area contributed by atoms with E-state index in [9.17, 15) is 13.2 Å². The van der Waals surface area contributed by atoms with Gasteiger partial charge in [0, 0.05) is 49.9 Å². The summed E-state index contributed by atoms with van der Waals surface area (Å²) in [4.78, 5) is 19.2. The van der Waals surface area contributed by atoms with E-state index < -0.39 is 10.0 Å². The van der Waals surface area contributed by atoms with Gasteiger partial charge in [-0.25, -0.2) is 13.4 Å². The van der Waals surface area contributed by atoms with Crippen molar-refractivity contribution in [3.63, 3.8) is 0 Å². The summed E-state index contributed by atoms with van der Waals surface area (Å²) < 4.78 is 27.2. The van der Waals surface area contributed by atoms with Crippen LogP contribution in [0.5, 0.6) is 0 Å². The maximum Gasteiger partial charge on any atom is 0.260 e. The maximum atomic E-state index is 12.9. The molecule has 1 aromatic rings. The first-order chi connectivity index (χ1) is 13.4. The molecule has 0 saturated carbocycles. The van der Waals surface area contributed by atoms with Gasteiger partial charge < -0.3 is 5.32 Å². The molecular formula is C20H30N4O3S. The molecule has 1 spiro atoms. The number of likely N-dealkylation sites (tertiary alicyclic amines) is 1. The molecule has 3 fully saturated rings. The van der Waals surface area contributed by atoms with Gasteiger partial charge in [0.2, 0.25) is 5.91 Å². The second-order valence-corrected chi connectivity index (χ2v) is 10.4. The summed E-state index contributed by atoms with van der Waals surface area (Å²) in [6, 6.07) is 5.43. The van der Waals surface area contributed by atoms with Crippen molar-refractivity contribution in [2.75, 3.05) is 26.2 Å². The van der Waals surface area contributed by atoms with Gasteiger partial charge in [-0.3, -0.25) is 9.69 Å². The molecule has 1 aromatic heterocycles. The molecule has 0 bridgehead atoms. The van der Waals surface area contributed by atoms with Crippen LogP contribution in [0, 0.1) is 11.8 Å². The van der Waals surface area contributed by atoms with Gasteiger partial charge in [-0.1, -0.05) is 19.4 Å². The van der Waals surface area contributed by atoms with Crippen molar-refractivity contribution >= 4 is 15.9 Å². The number of hydrogen-bond acceptors (Lipinski definition) is 5. The Bertz CT molecular complexity index is 821. The third-order valence-electron chi connectivity index (χ3n) is 6.95. The Labute approximate surface area is 167 Å². The Hall–Kier alpha value is -1.51. The molecule has 154 valence electrons. The van der Waals surface area contributed by atoms with Gasteiger partial charge in [0.1, 0.15) is 0 Å². The number of fused-ring (bicyclic) bond motifs is 2. The summed E-state index contributed by atoms with van der Waals surface area (Å²) in [6.45, 7) is 7.04. The summed E-state index contributed by atoms with van der Waals surface area (Å²) in [5.74, 6) is 0.467. The highest BCUT2D eigenvalue weighted by Crippen LogP contribution is 2.45. The molecule has 3 saturated heterocycles. The van der Waals surface area contributed by atoms with Gasteiger partial charge in [-0.05, 0) is 38.3 Å². The smallest absolute Gasteiger partial charge is 0.260 e. The van der Waals surface area contributed by atoms with Crippen molar-refractivity contribution in [3.05, 3.63) is 24.4 Å². The summed E-state index contributed by atoms with van der Waals surface area (Å²) in [5.41, 5.74) is -0.265. The first kappa shape index (κ1) is 19.8. The first-order valence-corrected chi connectivity index (χ1v) is 11.8. The van der Waals surface area contributed by atoms with E-state index in [1.807, 2.05) is 0 Å². The van der Waals surface area contributed by atoms with Crippen LogP contribution in [-0.2, 0) is 14.8 Å². The third kappa shape index (κ3) is 3.25. The normalized spacial score (nSPS) is 29.0. The SMILES string of the molecule is CCC[C@H](C)N1C[C@H]2C(=O)NC3(CCN(S(=O)(=O)c4ccccn4)CC3)[C@H]2C1. The van der Waals surface area contributed by atoms with Crippen LogP contribution in [-0.4, -0.2) is 66.3 Å². The zero-order valence-electron chi connectivity index (χ0n) is 16.7. The lowest BCUT2D eigenvalue weighted by Gasteiger charge is -2.42. The number of amides is 1. The largest absolute Gasteiger partial charge is 0.350 e. The average molecular weight is 407 g/mol. The number of piperidine rings is 1. The quantitative estimate of drug-likeness (QED) is 0.801. The summed E-state index contributed by atoms with van der Waals surface area (Å²) in [6.07, 6.45) is 5.13. The number of pyridine rings is 1. The van der Waals surface area contributed by atoms with Crippen LogP contribution in [0.2, 0.25) is 0 Å². The molecular weight excluding hydrogens is 376 g/mol. The minimum atomic E-state index is -3.58. The number of hydrogen-bond donors (Lipinski definition) is 1. The average Bonchev–Trinajstić information content (AvgIpc) is 3.24. The molecule has 0 radical (unpaired) electrons. The molecule has 7 nitrogen and oxygen atoms in total. The Morgan fingerprint density at radius 1 is 1.29 bits per heavy atom. The molecule has 0 aliphatic carbocycles. The highest BCUT2D eigenvalue weighted by molar-refractivity contribution is 7.89. The molecule has 8 heteroatoms. The summed E-state index contributed by atoms with van der Waals surface area (Å²) in [5, 5.41) is 3.37. The van der Waals surface area contributed by atoms with Crippen LogP contribution < -0.4 is 5.32 Å². The minimum Gasteiger partial charge on any atom is -0.350 e. The van der Waals surface area contributed by atoms with Gasteiger partial charge in [0.15, 0.2) is 5.03 Å². The van der Waals surface area contributed by atoms with E-state index in [-0.39, 0.29) is 28.3 Å². The van der Waals surface area contributed by atoms with E-state index in [4.69, 9.17) is 0 Å². The molecule has 3 aliphatic heterocycles. The van der Waals surface area contributed by atoms with Gasteiger partial charge >= 0.3 is 0 Å². The van der Waals surface area contributed by atoms with Crippen molar-refractivity contribution in [1.82, 2.24) is 19.5 Å². The maximum absolute atomic E-state index is 12.9. The van der Waals surface area contributed by atoms with Crippen LogP contribution in [0.15, 0.2) is 29.4 Å². The molecule has 3 atom stereocenters. The third-order valence-corrected chi connectivity index (χ3v) is 8.77. The standard InChI is InChI=1S/C20H30N4O3S/c1-3-6-15(2)23-13-16-17(14-23)20(22-19(16)25)8-11-24(12-9-20)28(26,27)18-7-4-5-10-21-18/h4-5,7,10,15-17H,3,6,8-9,11-14H2,1-2H3,(H,22,25)/t15-,16+,17-/m0/s1. The van der Waals surface area contributed by atoms with Crippen molar-refractivity contribution in [2.45, 2.75) is 56.1 Å². The predicted octanol–water partition coefficient (Wildman–Crippen LogP) is 1.47. The van der Waals surface area contributed by atoms with Crippen molar-refractivity contribution in [1.29, 1.82) is 0 Å². The van der Waals surface area contributed by atoms with Gasteiger partial charge in [-0.2, -0.15) is 4.31 Å². The minimum absolute atomic E-state index is 0.0400. The van der Waals surface area contributed by atoms with Crippen molar-refractivity contribution in [2.24, 2.45) is 11.8 Å². The van der Waals surface area contributed by atoms with E-state index in [2.05, 4.69) is 29.0 Å². The Balaban J connectivity index is 1.47. The molecule has 0 aromatic carbocycles. The van der Waals surface area contributed by atoms with E-state index in [0.717, 1.165) is 25.9 Å². The van der Waals surface area contributed by atoms with Crippen molar-refractivity contribution < 1.29 is 13.2 Å². The lowest BCUT2D eigenvalue weighted by Crippen LogP contribution is -2.56. The molecule has 28 heavy (non-hydrogen) atoms. The highest BCUT2D eigenvalue weighted by Gasteiger charge is 2.58. The molecule has 4 heterocycles. The molecule has 1 amide bonds. The lowest BCUT2D eigenvalue weighted by atomic mass is 9.76. The fraction of sp³-hybridized carbons (Fsp3) is 0.700. The van der Waals surface area contributed by atoms with Crippen LogP contribution >= 0.6 is 0 Å². The van der Waals surface area contributed by atoms with E-state index in [0.29, 0.717) is 32.0 Å². The predicted molar refractivity (Wildman–Crippen MR) is 106 cm³/mol.